The normalized spacial score (nSPS) is 10.5. The third-order valence-electron chi connectivity index (χ3n) is 3.93. The first-order chi connectivity index (χ1) is 14.7. The van der Waals surface area contributed by atoms with Crippen LogP contribution in [0.3, 0.4) is 0 Å². The van der Waals surface area contributed by atoms with Crippen molar-refractivity contribution < 1.29 is 9.53 Å². The number of urea groups is 1. The molecule has 0 bridgehead atoms. The number of amides is 2. The first kappa shape index (κ1) is 19.4. The van der Waals surface area contributed by atoms with Gasteiger partial charge >= 0.3 is 6.03 Å². The van der Waals surface area contributed by atoms with Crippen molar-refractivity contribution in [3.05, 3.63) is 67.5 Å². The lowest BCUT2D eigenvalue weighted by Crippen LogP contribution is -2.28. The van der Waals surface area contributed by atoms with E-state index < -0.39 is 0 Å². The predicted octanol–water partition coefficient (Wildman–Crippen LogP) is 3.43. The summed E-state index contributed by atoms with van der Waals surface area (Å²) in [4.78, 5) is 34.0. The van der Waals surface area contributed by atoms with Crippen LogP contribution in [0, 0.1) is 0 Å². The van der Waals surface area contributed by atoms with E-state index in [-0.39, 0.29) is 12.6 Å². The molecular weight excluding hydrogens is 402 g/mol. The number of hydrogen-bond acceptors (Lipinski definition) is 8. The minimum atomic E-state index is -0.364. The van der Waals surface area contributed by atoms with Crippen LogP contribution in [-0.2, 0) is 6.61 Å². The zero-order valence-corrected chi connectivity index (χ0v) is 16.6. The number of ether oxygens (including phenoxy) is 1. The van der Waals surface area contributed by atoms with E-state index in [1.807, 2.05) is 24.3 Å². The summed E-state index contributed by atoms with van der Waals surface area (Å²) in [7, 11) is 0. The van der Waals surface area contributed by atoms with Gasteiger partial charge in [-0.25, -0.2) is 24.7 Å². The molecule has 0 unspecified atom stereocenters. The number of aromatic nitrogens is 5. The molecule has 2 N–H and O–H groups in total. The van der Waals surface area contributed by atoms with Crippen molar-refractivity contribution in [2.75, 3.05) is 11.9 Å². The van der Waals surface area contributed by atoms with Crippen LogP contribution in [-0.4, -0.2) is 37.5 Å². The van der Waals surface area contributed by atoms with Gasteiger partial charge in [0.25, 0.3) is 0 Å². The van der Waals surface area contributed by atoms with Gasteiger partial charge in [-0.05, 0) is 18.2 Å². The lowest BCUT2D eigenvalue weighted by molar-refractivity contribution is 0.253. The number of anilines is 1. The number of nitrogens with one attached hydrogen (secondary N) is 2. The fourth-order valence-electron chi connectivity index (χ4n) is 2.59. The van der Waals surface area contributed by atoms with Gasteiger partial charge in [0.2, 0.25) is 5.88 Å². The standard InChI is InChI=1S/C20H17N7O2S/c1-2-6-24-19(28)27-20-25-16-8-15(13-9-21-12-22-10-13)17(26-18(16)30-20)29-11-14-5-3-4-7-23-14/h2-5,7-10,12H,1,6,11H2,(H2,24,25,27,28). The molecule has 10 heteroatoms. The maximum absolute atomic E-state index is 11.9. The Labute approximate surface area is 175 Å². The molecule has 0 saturated heterocycles. The number of rotatable bonds is 7. The van der Waals surface area contributed by atoms with Crippen molar-refractivity contribution in [3.8, 4) is 17.0 Å². The summed E-state index contributed by atoms with van der Waals surface area (Å²) in [5, 5.41) is 5.77. The Morgan fingerprint density at radius 3 is 2.87 bits per heavy atom. The van der Waals surface area contributed by atoms with E-state index in [4.69, 9.17) is 4.74 Å². The highest BCUT2D eigenvalue weighted by atomic mass is 32.1. The lowest BCUT2D eigenvalue weighted by Gasteiger charge is -2.10. The molecule has 0 fully saturated rings. The Kier molecular flexibility index (Phi) is 5.85. The number of pyridine rings is 2. The zero-order chi connectivity index (χ0) is 20.8. The van der Waals surface area contributed by atoms with Crippen molar-refractivity contribution in [1.82, 2.24) is 30.2 Å². The van der Waals surface area contributed by atoms with Crippen LogP contribution in [0.15, 0.2) is 61.8 Å². The largest absolute Gasteiger partial charge is 0.471 e. The van der Waals surface area contributed by atoms with E-state index in [0.717, 1.165) is 11.3 Å². The molecule has 2 amide bonds. The molecule has 4 aromatic rings. The summed E-state index contributed by atoms with van der Waals surface area (Å²) < 4.78 is 5.97. The monoisotopic (exact) mass is 419 g/mol. The van der Waals surface area contributed by atoms with Gasteiger partial charge in [-0.15, -0.1) is 6.58 Å². The highest BCUT2D eigenvalue weighted by Gasteiger charge is 2.16. The highest BCUT2D eigenvalue weighted by molar-refractivity contribution is 7.22. The lowest BCUT2D eigenvalue weighted by atomic mass is 10.1. The van der Waals surface area contributed by atoms with Crippen LogP contribution >= 0.6 is 11.3 Å². The summed E-state index contributed by atoms with van der Waals surface area (Å²) in [6, 6.07) is 7.10. The molecule has 0 aliphatic rings. The average molecular weight is 419 g/mol. The minimum Gasteiger partial charge on any atom is -0.471 e. The maximum atomic E-state index is 11.9. The fraction of sp³-hybridized carbons (Fsp3) is 0.100. The fourth-order valence-corrected chi connectivity index (χ4v) is 3.40. The number of fused-ring (bicyclic) bond motifs is 1. The molecule has 0 aliphatic carbocycles. The Bertz CT molecular complexity index is 1170. The van der Waals surface area contributed by atoms with Crippen molar-refractivity contribution in [1.29, 1.82) is 0 Å². The summed E-state index contributed by atoms with van der Waals surface area (Å²) in [5.41, 5.74) is 2.85. The van der Waals surface area contributed by atoms with Crippen LogP contribution < -0.4 is 15.4 Å². The summed E-state index contributed by atoms with van der Waals surface area (Å²) in [6.45, 7) is 4.19. The number of carbonyl (C=O) groups excluding carboxylic acids is 1. The molecule has 150 valence electrons. The van der Waals surface area contributed by atoms with Crippen LogP contribution in [0.5, 0.6) is 5.88 Å². The van der Waals surface area contributed by atoms with Gasteiger partial charge in [-0.1, -0.05) is 23.5 Å². The van der Waals surface area contributed by atoms with E-state index in [1.165, 1.54) is 17.7 Å². The number of thiazole rings is 1. The van der Waals surface area contributed by atoms with Crippen LogP contribution in [0.25, 0.3) is 21.5 Å². The van der Waals surface area contributed by atoms with Crippen LogP contribution in [0.2, 0.25) is 0 Å². The average Bonchev–Trinajstić information content (AvgIpc) is 3.18. The van der Waals surface area contributed by atoms with E-state index in [2.05, 4.69) is 42.1 Å². The molecule has 0 aliphatic heterocycles. The smallest absolute Gasteiger partial charge is 0.321 e. The van der Waals surface area contributed by atoms with Gasteiger partial charge in [0.1, 0.15) is 23.3 Å². The number of nitrogens with zero attached hydrogens (tertiary/aromatic N) is 5. The molecule has 4 heterocycles. The minimum absolute atomic E-state index is 0.258. The van der Waals surface area contributed by atoms with Crippen LogP contribution in [0.4, 0.5) is 9.93 Å². The third-order valence-corrected chi connectivity index (χ3v) is 4.81. The SMILES string of the molecule is C=CCNC(=O)Nc1nc2cc(-c3cncnc3)c(OCc3ccccn3)nc2s1. The second kappa shape index (κ2) is 9.05. The van der Waals surface area contributed by atoms with Gasteiger partial charge in [-0.3, -0.25) is 10.3 Å². The molecule has 0 spiro atoms. The molecule has 30 heavy (non-hydrogen) atoms. The quantitative estimate of drug-likeness (QED) is 0.441. The van der Waals surface area contributed by atoms with Gasteiger partial charge in [0.05, 0.1) is 5.69 Å². The van der Waals surface area contributed by atoms with Gasteiger partial charge in [0, 0.05) is 36.3 Å². The van der Waals surface area contributed by atoms with Gasteiger partial charge < -0.3 is 10.1 Å². The predicted molar refractivity (Wildman–Crippen MR) is 114 cm³/mol. The summed E-state index contributed by atoms with van der Waals surface area (Å²) in [6.07, 6.45) is 8.12. The molecule has 0 radical (unpaired) electrons. The second-order valence-corrected chi connectivity index (χ2v) is 7.02. The van der Waals surface area contributed by atoms with Gasteiger partial charge in [0.15, 0.2) is 5.13 Å². The first-order valence-electron chi connectivity index (χ1n) is 8.98. The zero-order valence-electron chi connectivity index (χ0n) is 15.8. The Morgan fingerprint density at radius 1 is 1.23 bits per heavy atom. The summed E-state index contributed by atoms with van der Waals surface area (Å²) in [5.74, 6) is 0.411. The van der Waals surface area contributed by atoms with E-state index >= 15 is 0 Å². The molecule has 4 rings (SSSR count). The first-order valence-corrected chi connectivity index (χ1v) is 9.80. The van der Waals surface area contributed by atoms with Crippen molar-refractivity contribution >= 4 is 32.8 Å². The Hall–Kier alpha value is -3.92. The number of carbonyl (C=O) groups is 1. The third kappa shape index (κ3) is 4.55. The Balaban J connectivity index is 1.66. The van der Waals surface area contributed by atoms with Crippen LogP contribution in [0.1, 0.15) is 5.69 Å². The number of hydrogen-bond donors (Lipinski definition) is 2. The Morgan fingerprint density at radius 2 is 2.10 bits per heavy atom. The molecular formula is C20H17N7O2S. The van der Waals surface area contributed by atoms with E-state index in [1.54, 1.807) is 24.7 Å². The molecule has 4 aromatic heterocycles. The topological polar surface area (TPSA) is 115 Å². The van der Waals surface area contributed by atoms with Crippen molar-refractivity contribution in [2.24, 2.45) is 0 Å². The molecule has 0 atom stereocenters. The molecule has 0 aromatic carbocycles. The van der Waals surface area contributed by atoms with E-state index in [0.29, 0.717) is 33.5 Å². The van der Waals surface area contributed by atoms with Crippen molar-refractivity contribution in [3.63, 3.8) is 0 Å². The highest BCUT2D eigenvalue weighted by Crippen LogP contribution is 2.34. The molecule has 0 saturated carbocycles. The van der Waals surface area contributed by atoms with Gasteiger partial charge in [-0.2, -0.15) is 0 Å². The maximum Gasteiger partial charge on any atom is 0.321 e. The molecule has 9 nitrogen and oxygen atoms in total. The summed E-state index contributed by atoms with van der Waals surface area (Å²) >= 11 is 1.25. The van der Waals surface area contributed by atoms with Crippen molar-refractivity contribution in [2.45, 2.75) is 6.61 Å². The van der Waals surface area contributed by atoms with E-state index in [9.17, 15) is 4.79 Å². The second-order valence-electron chi connectivity index (χ2n) is 6.04.